The first-order valence-corrected chi connectivity index (χ1v) is 3.52. The molecule has 1 atom stereocenters. The normalized spacial score (nSPS) is 13.1. The van der Waals surface area contributed by atoms with Crippen LogP contribution in [0.1, 0.15) is 25.5 Å². The predicted octanol–water partition coefficient (Wildman–Crippen LogP) is 2.26. The molecular weight excluding hydrogens is 122 g/mol. The fourth-order valence-electron chi connectivity index (χ4n) is 0.870. The highest BCUT2D eigenvalue weighted by Gasteiger charge is 1.95. The zero-order valence-electron chi connectivity index (χ0n) is 6.46. The van der Waals surface area contributed by atoms with Crippen LogP contribution in [0.25, 0.3) is 0 Å². The van der Waals surface area contributed by atoms with E-state index in [-0.39, 0.29) is 7.47 Å². The Hall–Kier alpha value is -0.820. The van der Waals surface area contributed by atoms with Crippen molar-refractivity contribution in [3.63, 3.8) is 0 Å². The number of hydrogen-bond acceptors (Lipinski definition) is 1. The average Bonchev–Trinajstić information content (AvgIpc) is 1.88. The quantitative estimate of drug-likeness (QED) is 0.633. The second-order valence-corrected chi connectivity index (χ2v) is 2.70. The number of hydrogen-bond donors (Lipinski definition) is 1. The molecule has 0 radical (unpaired) electrons. The highest BCUT2D eigenvalue weighted by atomic mass is 14.6. The summed E-state index contributed by atoms with van der Waals surface area (Å²) in [5, 5.41) is 0. The minimum atomic E-state index is 0. The van der Waals surface area contributed by atoms with Gasteiger partial charge in [0.15, 0.2) is 0 Å². The van der Waals surface area contributed by atoms with Gasteiger partial charge in [-0.15, -0.1) is 0 Å². The van der Waals surface area contributed by atoms with Gasteiger partial charge in [-0.2, -0.15) is 0 Å². The van der Waals surface area contributed by atoms with Crippen molar-refractivity contribution in [2.45, 2.75) is 19.9 Å². The summed E-state index contributed by atoms with van der Waals surface area (Å²) < 4.78 is 0. The third-order valence-electron chi connectivity index (χ3n) is 1.60. The van der Waals surface area contributed by atoms with Crippen molar-refractivity contribution < 1.29 is 1.43 Å². The lowest BCUT2D eigenvalue weighted by atomic mass is 10.1. The maximum absolute atomic E-state index is 5.66. The van der Waals surface area contributed by atoms with E-state index in [2.05, 4.69) is 31.2 Å². The Morgan fingerprint density at radius 3 is 2.20 bits per heavy atom. The van der Waals surface area contributed by atoms with Crippen LogP contribution >= 0.6 is 0 Å². The van der Waals surface area contributed by atoms with E-state index < -0.39 is 0 Å². The zero-order valence-corrected chi connectivity index (χ0v) is 6.46. The van der Waals surface area contributed by atoms with Gasteiger partial charge >= 0.3 is 0 Å². The van der Waals surface area contributed by atoms with Gasteiger partial charge < -0.3 is 5.73 Å². The Morgan fingerprint density at radius 1 is 1.30 bits per heavy atom. The van der Waals surface area contributed by atoms with Crippen LogP contribution in [0.3, 0.4) is 0 Å². The van der Waals surface area contributed by atoms with Gasteiger partial charge in [-0.3, -0.25) is 0 Å². The molecule has 0 fully saturated rings. The molecule has 0 spiro atoms. The van der Waals surface area contributed by atoms with E-state index >= 15 is 0 Å². The van der Waals surface area contributed by atoms with Crippen LogP contribution in [0.5, 0.6) is 0 Å². The highest BCUT2D eigenvalue weighted by molar-refractivity contribution is 5.23. The molecule has 0 saturated heterocycles. The molecule has 56 valence electrons. The molecule has 1 nitrogen and oxygen atoms in total. The maximum atomic E-state index is 5.66. The fraction of sp³-hybridized carbons (Fsp3) is 0.333. The number of aryl methyl sites for hydroxylation is 1. The van der Waals surface area contributed by atoms with Crippen molar-refractivity contribution in [2.75, 3.05) is 0 Å². The molecule has 0 heterocycles. The molecule has 0 aliphatic carbocycles. The number of nitrogens with two attached hydrogens (primary N) is 1. The van der Waals surface area contributed by atoms with Gasteiger partial charge in [-0.05, 0) is 19.4 Å². The van der Waals surface area contributed by atoms with Crippen molar-refractivity contribution >= 4 is 0 Å². The molecule has 0 aliphatic heterocycles. The van der Waals surface area contributed by atoms with Gasteiger partial charge in [0, 0.05) is 7.47 Å². The van der Waals surface area contributed by atoms with Crippen LogP contribution in [0, 0.1) is 6.92 Å². The summed E-state index contributed by atoms with van der Waals surface area (Å²) in [6.45, 7) is 4.07. The van der Waals surface area contributed by atoms with E-state index in [1.807, 2.05) is 6.92 Å². The molecule has 0 unspecified atom stereocenters. The summed E-state index contributed by atoms with van der Waals surface area (Å²) in [5.74, 6) is 0. The van der Waals surface area contributed by atoms with Gasteiger partial charge in [0.05, 0.1) is 0 Å². The van der Waals surface area contributed by atoms with Crippen LogP contribution in [0.4, 0.5) is 0 Å². The van der Waals surface area contributed by atoms with Gasteiger partial charge in [0.2, 0.25) is 0 Å². The van der Waals surface area contributed by atoms with Crippen molar-refractivity contribution in [1.29, 1.82) is 0 Å². The Labute approximate surface area is 63.4 Å². The topological polar surface area (TPSA) is 26.0 Å². The largest absolute Gasteiger partial charge is 0.324 e. The van der Waals surface area contributed by atoms with Gasteiger partial charge in [-0.1, -0.05) is 29.8 Å². The van der Waals surface area contributed by atoms with Crippen molar-refractivity contribution in [3.8, 4) is 0 Å². The first kappa shape index (κ1) is 7.29. The molecule has 0 bridgehead atoms. The van der Waals surface area contributed by atoms with Gasteiger partial charge in [0.25, 0.3) is 0 Å². The SMILES string of the molecule is Cc1ccc([C@@H](C)N)cc1.[2HH]. The van der Waals surface area contributed by atoms with Gasteiger partial charge in [0.1, 0.15) is 0 Å². The van der Waals surface area contributed by atoms with Crippen LogP contribution in [-0.2, 0) is 0 Å². The predicted molar refractivity (Wildman–Crippen MR) is 45.9 cm³/mol. The van der Waals surface area contributed by atoms with Crippen molar-refractivity contribution in [1.82, 2.24) is 0 Å². The van der Waals surface area contributed by atoms with E-state index in [9.17, 15) is 0 Å². The minimum absolute atomic E-state index is 0. The fourth-order valence-corrected chi connectivity index (χ4v) is 0.870. The molecule has 0 aromatic heterocycles. The lowest BCUT2D eigenvalue weighted by Gasteiger charge is -2.03. The average molecular weight is 138 g/mol. The standard InChI is InChI=1S/C9H13N.H2/c1-7-3-5-9(6-4-7)8(2)10;/h3-6,8H,10H2,1-2H3;1H/t8-;/m1./s1/i;1+1. The zero-order chi connectivity index (χ0) is 7.56. The lowest BCUT2D eigenvalue weighted by molar-refractivity contribution is 0.818. The summed E-state index contributed by atoms with van der Waals surface area (Å²) in [4.78, 5) is 0. The van der Waals surface area contributed by atoms with Crippen molar-refractivity contribution in [2.24, 2.45) is 5.73 Å². The maximum Gasteiger partial charge on any atom is 0.0266 e. The summed E-state index contributed by atoms with van der Waals surface area (Å²) in [5.41, 5.74) is 8.15. The van der Waals surface area contributed by atoms with E-state index in [0.717, 1.165) is 0 Å². The van der Waals surface area contributed by atoms with E-state index in [1.54, 1.807) is 0 Å². The first-order chi connectivity index (χ1) is 4.70. The Kier molecular flexibility index (Phi) is 2.07. The Balaban J connectivity index is 0.000001000. The third kappa shape index (κ3) is 1.58. The summed E-state index contributed by atoms with van der Waals surface area (Å²) in [7, 11) is 0. The smallest absolute Gasteiger partial charge is 0.0266 e. The van der Waals surface area contributed by atoms with E-state index in [1.165, 1.54) is 11.1 Å². The molecule has 0 aliphatic rings. The first-order valence-electron chi connectivity index (χ1n) is 3.52. The molecule has 0 amide bonds. The number of rotatable bonds is 1. The van der Waals surface area contributed by atoms with Crippen molar-refractivity contribution in [3.05, 3.63) is 35.4 Å². The summed E-state index contributed by atoms with van der Waals surface area (Å²) in [6, 6.07) is 8.46. The summed E-state index contributed by atoms with van der Waals surface area (Å²) >= 11 is 0. The van der Waals surface area contributed by atoms with Crippen LogP contribution in [-0.4, -0.2) is 0 Å². The second kappa shape index (κ2) is 2.84. The molecular formula is C9H15N. The molecule has 1 aromatic rings. The van der Waals surface area contributed by atoms with E-state index in [0.29, 0.717) is 0 Å². The van der Waals surface area contributed by atoms with Crippen LogP contribution < -0.4 is 5.73 Å². The van der Waals surface area contributed by atoms with Crippen LogP contribution in [0.2, 0.25) is 0 Å². The molecule has 0 saturated carbocycles. The van der Waals surface area contributed by atoms with Crippen LogP contribution in [0.15, 0.2) is 24.3 Å². The molecule has 1 rings (SSSR count). The number of benzene rings is 1. The molecule has 10 heavy (non-hydrogen) atoms. The molecule has 1 aromatic carbocycles. The molecule has 1 heteroatoms. The highest BCUT2D eigenvalue weighted by Crippen LogP contribution is 2.09. The Morgan fingerprint density at radius 2 is 1.80 bits per heavy atom. The molecule has 2 N–H and O–H groups in total. The minimum Gasteiger partial charge on any atom is -0.324 e. The van der Waals surface area contributed by atoms with Gasteiger partial charge in [-0.25, -0.2) is 0 Å². The van der Waals surface area contributed by atoms with E-state index in [4.69, 9.17) is 5.73 Å². The third-order valence-corrected chi connectivity index (χ3v) is 1.60. The lowest BCUT2D eigenvalue weighted by Crippen LogP contribution is -2.04. The second-order valence-electron chi connectivity index (χ2n) is 2.70. The monoisotopic (exact) mass is 138 g/mol. The Bertz CT molecular complexity index is 203. The summed E-state index contributed by atoms with van der Waals surface area (Å²) in [6.07, 6.45) is 0.